The van der Waals surface area contributed by atoms with E-state index in [1.54, 1.807) is 13.0 Å². The van der Waals surface area contributed by atoms with Gasteiger partial charge in [0.1, 0.15) is 11.0 Å². The van der Waals surface area contributed by atoms with Crippen LogP contribution in [-0.4, -0.2) is 9.97 Å². The molecule has 1 aromatic carbocycles. The Hall–Kier alpha value is -1.00. The van der Waals surface area contributed by atoms with Gasteiger partial charge in [0.05, 0.1) is 10.2 Å². The molecule has 1 aliphatic rings. The molecule has 0 unspecified atom stereocenters. The number of benzene rings is 1. The molecular weight excluding hydrogens is 331 g/mol. The summed E-state index contributed by atoms with van der Waals surface area (Å²) in [5.41, 5.74) is 2.18. The molecule has 1 heterocycles. The Morgan fingerprint density at radius 3 is 2.68 bits per heavy atom. The number of hydrogen-bond donors (Lipinski definition) is 0. The molecule has 0 N–H and O–H groups in total. The monoisotopic (exact) mass is 340 g/mol. The van der Waals surface area contributed by atoms with Crippen LogP contribution in [0.15, 0.2) is 22.7 Å². The number of halogens is 3. The van der Waals surface area contributed by atoms with E-state index in [1.165, 1.54) is 6.07 Å². The second kappa shape index (κ2) is 4.84. The van der Waals surface area contributed by atoms with Gasteiger partial charge in [-0.05, 0) is 47.3 Å². The predicted molar refractivity (Wildman–Crippen MR) is 76.8 cm³/mol. The van der Waals surface area contributed by atoms with Crippen molar-refractivity contribution < 1.29 is 4.39 Å². The highest BCUT2D eigenvalue weighted by atomic mass is 79.9. The van der Waals surface area contributed by atoms with Crippen LogP contribution in [0.5, 0.6) is 0 Å². The molecule has 2 aromatic rings. The maximum atomic E-state index is 13.6. The van der Waals surface area contributed by atoms with Crippen LogP contribution in [0, 0.1) is 12.7 Å². The average molecular weight is 342 g/mol. The third kappa shape index (κ3) is 2.51. The quantitative estimate of drug-likeness (QED) is 0.727. The largest absolute Gasteiger partial charge is 0.231 e. The van der Waals surface area contributed by atoms with Gasteiger partial charge in [-0.25, -0.2) is 14.4 Å². The van der Waals surface area contributed by atoms with E-state index in [2.05, 4.69) is 25.9 Å². The third-order valence-corrected chi connectivity index (χ3v) is 4.51. The highest BCUT2D eigenvalue weighted by Crippen LogP contribution is 2.44. The van der Waals surface area contributed by atoms with Crippen LogP contribution in [0.25, 0.3) is 11.4 Å². The lowest BCUT2D eigenvalue weighted by Crippen LogP contribution is -1.98. The second-order valence-corrected chi connectivity index (χ2v) is 5.93. The number of aryl methyl sites for hydroxylation is 1. The molecule has 5 heteroatoms. The Morgan fingerprint density at radius 2 is 2.05 bits per heavy atom. The van der Waals surface area contributed by atoms with Gasteiger partial charge >= 0.3 is 0 Å². The zero-order valence-corrected chi connectivity index (χ0v) is 12.6. The first kappa shape index (κ1) is 13.0. The van der Waals surface area contributed by atoms with Gasteiger partial charge in [-0.15, -0.1) is 0 Å². The summed E-state index contributed by atoms with van der Waals surface area (Å²) in [6, 6.07) is 4.99. The van der Waals surface area contributed by atoms with Gasteiger partial charge in [0.2, 0.25) is 0 Å². The van der Waals surface area contributed by atoms with Crippen molar-refractivity contribution in [3.8, 4) is 11.4 Å². The van der Waals surface area contributed by atoms with E-state index in [0.29, 0.717) is 28.0 Å². The molecule has 1 aliphatic carbocycles. The molecule has 0 atom stereocenters. The van der Waals surface area contributed by atoms with Crippen molar-refractivity contribution in [3.05, 3.63) is 44.9 Å². The maximum absolute atomic E-state index is 13.6. The fraction of sp³-hybridized carbons (Fsp3) is 0.286. The molecule has 2 nitrogen and oxygen atoms in total. The lowest BCUT2D eigenvalue weighted by molar-refractivity contribution is 0.619. The molecule has 1 saturated carbocycles. The van der Waals surface area contributed by atoms with Crippen LogP contribution in [0.1, 0.15) is 30.0 Å². The highest BCUT2D eigenvalue weighted by Gasteiger charge is 2.29. The van der Waals surface area contributed by atoms with Crippen molar-refractivity contribution in [1.29, 1.82) is 0 Å². The highest BCUT2D eigenvalue weighted by molar-refractivity contribution is 9.10. The molecule has 0 aliphatic heterocycles. The fourth-order valence-corrected chi connectivity index (χ4v) is 2.60. The van der Waals surface area contributed by atoms with E-state index >= 15 is 0 Å². The first-order valence-electron chi connectivity index (χ1n) is 6.05. The minimum atomic E-state index is -0.256. The van der Waals surface area contributed by atoms with Crippen molar-refractivity contribution in [2.75, 3.05) is 0 Å². The standard InChI is InChI=1S/C14H11BrClFN2/c1-7-2-3-9(6-10(7)17)14-18-12(8-4-5-8)11(15)13(16)19-14/h2-3,6,8H,4-5H2,1H3. The summed E-state index contributed by atoms with van der Waals surface area (Å²) < 4.78 is 14.4. The van der Waals surface area contributed by atoms with Gasteiger partial charge in [0.25, 0.3) is 0 Å². The number of aromatic nitrogens is 2. The third-order valence-electron chi connectivity index (χ3n) is 3.23. The predicted octanol–water partition coefficient (Wildman–Crippen LogP) is 4.88. The number of rotatable bonds is 2. The van der Waals surface area contributed by atoms with Crippen LogP contribution in [0.2, 0.25) is 5.15 Å². The average Bonchev–Trinajstić information content (AvgIpc) is 3.20. The minimum Gasteiger partial charge on any atom is -0.231 e. The van der Waals surface area contributed by atoms with Gasteiger partial charge in [0.15, 0.2) is 5.82 Å². The number of nitrogens with zero attached hydrogens (tertiary/aromatic N) is 2. The molecule has 1 fully saturated rings. The van der Waals surface area contributed by atoms with Crippen molar-refractivity contribution in [3.63, 3.8) is 0 Å². The van der Waals surface area contributed by atoms with E-state index in [1.807, 2.05) is 6.07 Å². The zero-order chi connectivity index (χ0) is 13.6. The Morgan fingerprint density at radius 1 is 1.32 bits per heavy atom. The van der Waals surface area contributed by atoms with Crippen LogP contribution in [0.4, 0.5) is 4.39 Å². The molecule has 3 rings (SSSR count). The van der Waals surface area contributed by atoms with Crippen LogP contribution < -0.4 is 0 Å². The van der Waals surface area contributed by atoms with E-state index in [0.717, 1.165) is 23.0 Å². The van der Waals surface area contributed by atoms with Crippen LogP contribution in [0.3, 0.4) is 0 Å². The summed E-state index contributed by atoms with van der Waals surface area (Å²) >= 11 is 9.54. The minimum absolute atomic E-state index is 0.256. The SMILES string of the molecule is Cc1ccc(-c2nc(Cl)c(Br)c(C3CC3)n2)cc1F. The van der Waals surface area contributed by atoms with Crippen molar-refractivity contribution >= 4 is 27.5 Å². The molecular formula is C14H11BrClFN2. The molecule has 0 bridgehead atoms. The van der Waals surface area contributed by atoms with Gasteiger partial charge in [-0.1, -0.05) is 23.7 Å². The van der Waals surface area contributed by atoms with E-state index in [-0.39, 0.29) is 5.82 Å². The van der Waals surface area contributed by atoms with Crippen molar-refractivity contribution in [1.82, 2.24) is 9.97 Å². The summed E-state index contributed by atoms with van der Waals surface area (Å²) in [5.74, 6) is 0.672. The molecule has 0 amide bonds. The van der Waals surface area contributed by atoms with E-state index in [4.69, 9.17) is 11.6 Å². The first-order chi connectivity index (χ1) is 9.06. The molecule has 1 aromatic heterocycles. The second-order valence-electron chi connectivity index (χ2n) is 4.78. The Bertz CT molecular complexity index is 656. The lowest BCUT2D eigenvalue weighted by atomic mass is 10.1. The smallest absolute Gasteiger partial charge is 0.161 e. The van der Waals surface area contributed by atoms with E-state index < -0.39 is 0 Å². The van der Waals surface area contributed by atoms with Crippen LogP contribution >= 0.6 is 27.5 Å². The molecule has 98 valence electrons. The Balaban J connectivity index is 2.11. The van der Waals surface area contributed by atoms with Gasteiger partial charge in [0, 0.05) is 11.5 Å². The lowest BCUT2D eigenvalue weighted by Gasteiger charge is -2.08. The summed E-state index contributed by atoms with van der Waals surface area (Å²) in [5, 5.41) is 0.382. The summed E-state index contributed by atoms with van der Waals surface area (Å²) in [6.45, 7) is 1.73. The molecule has 0 spiro atoms. The number of hydrogen-bond acceptors (Lipinski definition) is 2. The summed E-state index contributed by atoms with van der Waals surface area (Å²) in [4.78, 5) is 8.75. The normalized spacial score (nSPS) is 14.7. The Labute approximate surface area is 124 Å². The van der Waals surface area contributed by atoms with Gasteiger partial charge in [-0.2, -0.15) is 0 Å². The zero-order valence-electron chi connectivity index (χ0n) is 10.3. The topological polar surface area (TPSA) is 25.8 Å². The summed E-state index contributed by atoms with van der Waals surface area (Å²) in [7, 11) is 0. The summed E-state index contributed by atoms with van der Waals surface area (Å²) in [6.07, 6.45) is 2.24. The van der Waals surface area contributed by atoms with Crippen molar-refractivity contribution in [2.45, 2.75) is 25.7 Å². The molecule has 19 heavy (non-hydrogen) atoms. The molecule has 0 saturated heterocycles. The molecule has 0 radical (unpaired) electrons. The van der Waals surface area contributed by atoms with Gasteiger partial charge in [-0.3, -0.25) is 0 Å². The van der Waals surface area contributed by atoms with E-state index in [9.17, 15) is 4.39 Å². The Kier molecular flexibility index (Phi) is 3.31. The van der Waals surface area contributed by atoms with Crippen molar-refractivity contribution in [2.24, 2.45) is 0 Å². The van der Waals surface area contributed by atoms with Gasteiger partial charge < -0.3 is 0 Å². The first-order valence-corrected chi connectivity index (χ1v) is 7.23. The fourth-order valence-electron chi connectivity index (χ4n) is 1.92. The maximum Gasteiger partial charge on any atom is 0.161 e. The van der Waals surface area contributed by atoms with Crippen LogP contribution in [-0.2, 0) is 0 Å².